The minimum atomic E-state index is -0.0783. The van der Waals surface area contributed by atoms with Crippen LogP contribution in [0.5, 0.6) is 0 Å². The van der Waals surface area contributed by atoms with E-state index in [2.05, 4.69) is 30.7 Å². The van der Waals surface area contributed by atoms with Gasteiger partial charge in [0, 0.05) is 5.41 Å². The van der Waals surface area contributed by atoms with Crippen LogP contribution >= 0.6 is 0 Å². The van der Waals surface area contributed by atoms with Crippen molar-refractivity contribution >= 4 is 16.9 Å². The highest BCUT2D eigenvalue weighted by atomic mass is 16.3. The molecule has 2 aromatic heterocycles. The van der Waals surface area contributed by atoms with Crippen molar-refractivity contribution in [3.63, 3.8) is 0 Å². The molecule has 14 heavy (non-hydrogen) atoms. The van der Waals surface area contributed by atoms with Crippen LogP contribution in [0.3, 0.4) is 0 Å². The van der Waals surface area contributed by atoms with Crippen LogP contribution in [0.2, 0.25) is 0 Å². The second kappa shape index (κ2) is 2.70. The van der Waals surface area contributed by atoms with E-state index in [-0.39, 0.29) is 5.41 Å². The Morgan fingerprint density at radius 2 is 2.07 bits per heavy atom. The normalized spacial score (nSPS) is 12.2. The summed E-state index contributed by atoms with van der Waals surface area (Å²) >= 11 is 0. The van der Waals surface area contributed by atoms with Gasteiger partial charge in [-0.2, -0.15) is 0 Å². The standard InChI is InChI=1S/C10H13N3O/c1-10(2,3)8-6(11)4-7-9(13-8)14-5-12-7/h4-5H,11H2,1-3H3. The Hall–Kier alpha value is -1.58. The molecule has 0 radical (unpaired) electrons. The molecule has 0 saturated heterocycles. The summed E-state index contributed by atoms with van der Waals surface area (Å²) < 4.78 is 5.13. The molecule has 0 aromatic carbocycles. The maximum atomic E-state index is 5.89. The van der Waals surface area contributed by atoms with Crippen molar-refractivity contribution in [1.82, 2.24) is 9.97 Å². The molecule has 0 amide bonds. The van der Waals surface area contributed by atoms with E-state index in [1.807, 2.05) is 0 Å². The lowest BCUT2D eigenvalue weighted by Crippen LogP contribution is -2.16. The van der Waals surface area contributed by atoms with E-state index >= 15 is 0 Å². The Balaban J connectivity index is 2.71. The molecule has 2 heterocycles. The van der Waals surface area contributed by atoms with Crippen LogP contribution in [-0.2, 0) is 5.41 Å². The molecule has 0 saturated carbocycles. The number of oxazole rings is 1. The zero-order valence-electron chi connectivity index (χ0n) is 8.53. The van der Waals surface area contributed by atoms with E-state index in [0.717, 1.165) is 5.69 Å². The number of rotatable bonds is 0. The highest BCUT2D eigenvalue weighted by Gasteiger charge is 2.20. The second-order valence-corrected chi connectivity index (χ2v) is 4.35. The van der Waals surface area contributed by atoms with E-state index in [0.29, 0.717) is 16.9 Å². The Morgan fingerprint density at radius 1 is 1.36 bits per heavy atom. The first-order chi connectivity index (χ1) is 6.48. The van der Waals surface area contributed by atoms with E-state index < -0.39 is 0 Å². The van der Waals surface area contributed by atoms with Crippen molar-refractivity contribution in [2.24, 2.45) is 0 Å². The molecule has 4 heteroatoms. The number of hydrogen-bond acceptors (Lipinski definition) is 4. The molecule has 2 aromatic rings. The first-order valence-corrected chi connectivity index (χ1v) is 4.48. The van der Waals surface area contributed by atoms with Crippen molar-refractivity contribution in [2.45, 2.75) is 26.2 Å². The molecule has 0 bridgehead atoms. The third-order valence-corrected chi connectivity index (χ3v) is 2.06. The van der Waals surface area contributed by atoms with Gasteiger partial charge < -0.3 is 10.2 Å². The van der Waals surface area contributed by atoms with Gasteiger partial charge >= 0.3 is 0 Å². The number of nitrogens with two attached hydrogens (primary N) is 1. The third kappa shape index (κ3) is 1.32. The smallest absolute Gasteiger partial charge is 0.247 e. The number of hydrogen-bond donors (Lipinski definition) is 1. The summed E-state index contributed by atoms with van der Waals surface area (Å²) in [5, 5.41) is 0. The molecule has 0 aliphatic carbocycles. The maximum Gasteiger partial charge on any atom is 0.247 e. The van der Waals surface area contributed by atoms with Crippen LogP contribution in [0.15, 0.2) is 16.9 Å². The predicted octanol–water partition coefficient (Wildman–Crippen LogP) is 2.10. The molecular weight excluding hydrogens is 178 g/mol. The van der Waals surface area contributed by atoms with Gasteiger partial charge in [-0.05, 0) is 6.07 Å². The summed E-state index contributed by atoms with van der Waals surface area (Å²) in [5.41, 5.74) is 8.57. The minimum absolute atomic E-state index is 0.0783. The number of nitrogen functional groups attached to an aromatic ring is 1. The number of aromatic nitrogens is 2. The molecule has 2 N–H and O–H groups in total. The number of nitrogens with zero attached hydrogens (tertiary/aromatic N) is 2. The Bertz CT molecular complexity index is 468. The molecule has 0 aliphatic heterocycles. The summed E-state index contributed by atoms with van der Waals surface area (Å²) in [4.78, 5) is 8.35. The van der Waals surface area contributed by atoms with Crippen LogP contribution in [-0.4, -0.2) is 9.97 Å². The monoisotopic (exact) mass is 191 g/mol. The van der Waals surface area contributed by atoms with Crippen molar-refractivity contribution in [3.8, 4) is 0 Å². The number of fused-ring (bicyclic) bond motifs is 1. The first kappa shape index (κ1) is 8.99. The molecule has 4 nitrogen and oxygen atoms in total. The fourth-order valence-electron chi connectivity index (χ4n) is 1.41. The van der Waals surface area contributed by atoms with Gasteiger partial charge in [-0.25, -0.2) is 9.97 Å². The summed E-state index contributed by atoms with van der Waals surface area (Å²) in [7, 11) is 0. The van der Waals surface area contributed by atoms with E-state index in [9.17, 15) is 0 Å². The molecule has 0 fully saturated rings. The van der Waals surface area contributed by atoms with Gasteiger partial charge in [0.05, 0.1) is 11.4 Å². The second-order valence-electron chi connectivity index (χ2n) is 4.35. The zero-order valence-corrected chi connectivity index (χ0v) is 8.53. The largest absolute Gasteiger partial charge is 0.425 e. The minimum Gasteiger partial charge on any atom is -0.425 e. The van der Waals surface area contributed by atoms with Gasteiger partial charge in [-0.15, -0.1) is 0 Å². The van der Waals surface area contributed by atoms with Crippen LogP contribution in [0, 0.1) is 0 Å². The average molecular weight is 191 g/mol. The highest BCUT2D eigenvalue weighted by molar-refractivity contribution is 5.73. The SMILES string of the molecule is CC(C)(C)c1nc2ocnc2cc1N. The first-order valence-electron chi connectivity index (χ1n) is 4.48. The van der Waals surface area contributed by atoms with Gasteiger partial charge in [-0.1, -0.05) is 20.8 Å². The van der Waals surface area contributed by atoms with Crippen molar-refractivity contribution in [2.75, 3.05) is 5.73 Å². The van der Waals surface area contributed by atoms with Gasteiger partial charge in [0.1, 0.15) is 5.52 Å². The van der Waals surface area contributed by atoms with Crippen molar-refractivity contribution in [1.29, 1.82) is 0 Å². The average Bonchev–Trinajstić information content (AvgIpc) is 2.47. The number of pyridine rings is 1. The molecule has 0 unspecified atom stereocenters. The summed E-state index contributed by atoms with van der Waals surface area (Å²) in [5.74, 6) is 0. The van der Waals surface area contributed by atoms with Gasteiger partial charge in [-0.3, -0.25) is 0 Å². The quantitative estimate of drug-likeness (QED) is 0.692. The van der Waals surface area contributed by atoms with Gasteiger partial charge in [0.15, 0.2) is 6.39 Å². The molecule has 0 atom stereocenters. The molecule has 2 rings (SSSR count). The van der Waals surface area contributed by atoms with Crippen LogP contribution in [0.25, 0.3) is 11.2 Å². The van der Waals surface area contributed by atoms with Crippen LogP contribution < -0.4 is 5.73 Å². The van der Waals surface area contributed by atoms with Gasteiger partial charge in [0.25, 0.3) is 0 Å². The Morgan fingerprint density at radius 3 is 2.71 bits per heavy atom. The molecule has 74 valence electrons. The lowest BCUT2D eigenvalue weighted by atomic mass is 9.90. The molecular formula is C10H13N3O. The van der Waals surface area contributed by atoms with E-state index in [4.69, 9.17) is 10.2 Å². The molecule has 0 aliphatic rings. The zero-order chi connectivity index (χ0) is 10.3. The Labute approximate surface area is 82.1 Å². The van der Waals surface area contributed by atoms with Gasteiger partial charge in [0.2, 0.25) is 5.71 Å². The Kier molecular flexibility index (Phi) is 1.74. The lowest BCUT2D eigenvalue weighted by molar-refractivity contribution is 0.553. The summed E-state index contributed by atoms with van der Waals surface area (Å²) in [6.45, 7) is 6.19. The van der Waals surface area contributed by atoms with Crippen LogP contribution in [0.4, 0.5) is 5.69 Å². The van der Waals surface area contributed by atoms with Crippen molar-refractivity contribution in [3.05, 3.63) is 18.2 Å². The fourth-order valence-corrected chi connectivity index (χ4v) is 1.41. The van der Waals surface area contributed by atoms with Crippen molar-refractivity contribution < 1.29 is 4.42 Å². The van der Waals surface area contributed by atoms with Crippen LogP contribution in [0.1, 0.15) is 26.5 Å². The summed E-state index contributed by atoms with van der Waals surface area (Å²) in [6, 6.07) is 1.80. The predicted molar refractivity (Wildman–Crippen MR) is 54.9 cm³/mol. The molecule has 0 spiro atoms. The maximum absolute atomic E-state index is 5.89. The lowest BCUT2D eigenvalue weighted by Gasteiger charge is -2.18. The topological polar surface area (TPSA) is 64.9 Å². The van der Waals surface area contributed by atoms with E-state index in [1.165, 1.54) is 6.39 Å². The third-order valence-electron chi connectivity index (χ3n) is 2.06. The highest BCUT2D eigenvalue weighted by Crippen LogP contribution is 2.28. The number of anilines is 1. The fraction of sp³-hybridized carbons (Fsp3) is 0.400. The summed E-state index contributed by atoms with van der Waals surface area (Å²) in [6.07, 6.45) is 1.38. The van der Waals surface area contributed by atoms with E-state index in [1.54, 1.807) is 6.07 Å².